The molecular weight excluding hydrogens is 190 g/mol. The summed E-state index contributed by atoms with van der Waals surface area (Å²) >= 11 is 0. The van der Waals surface area contributed by atoms with Crippen molar-refractivity contribution >= 4 is 5.97 Å². The Kier molecular flexibility index (Phi) is 3.41. The lowest BCUT2D eigenvalue weighted by Gasteiger charge is -2.38. The van der Waals surface area contributed by atoms with Gasteiger partial charge in [-0.2, -0.15) is 0 Å². The molecular formula is C12H19NO2. The highest BCUT2D eigenvalue weighted by Gasteiger charge is 2.31. The molecule has 0 amide bonds. The maximum Gasteiger partial charge on any atom is 0.306 e. The van der Waals surface area contributed by atoms with Crippen LogP contribution in [-0.4, -0.2) is 25.7 Å². The third-order valence-electron chi connectivity index (χ3n) is 3.54. The molecule has 3 atom stereocenters. The van der Waals surface area contributed by atoms with E-state index in [4.69, 9.17) is 0 Å². The van der Waals surface area contributed by atoms with Crippen molar-refractivity contribution in [3.8, 4) is 0 Å². The van der Waals surface area contributed by atoms with Crippen LogP contribution in [-0.2, 0) is 9.53 Å². The van der Waals surface area contributed by atoms with Crippen LogP contribution in [0.25, 0.3) is 0 Å². The van der Waals surface area contributed by atoms with Gasteiger partial charge in [0.05, 0.1) is 13.5 Å². The number of rotatable bonds is 4. The van der Waals surface area contributed by atoms with E-state index in [1.54, 1.807) is 0 Å². The smallest absolute Gasteiger partial charge is 0.306 e. The second-order valence-corrected chi connectivity index (χ2v) is 4.51. The monoisotopic (exact) mass is 209 g/mol. The molecule has 0 aromatic heterocycles. The van der Waals surface area contributed by atoms with Gasteiger partial charge in [0.1, 0.15) is 0 Å². The van der Waals surface area contributed by atoms with Gasteiger partial charge in [-0.25, -0.2) is 0 Å². The first-order valence-electron chi connectivity index (χ1n) is 5.78. The number of hydrogen-bond donors (Lipinski definition) is 1. The van der Waals surface area contributed by atoms with Gasteiger partial charge < -0.3 is 10.1 Å². The largest absolute Gasteiger partial charge is 0.469 e. The lowest BCUT2D eigenvalue weighted by molar-refractivity contribution is -0.140. The van der Waals surface area contributed by atoms with Gasteiger partial charge in [0.25, 0.3) is 0 Å². The molecule has 0 heterocycles. The van der Waals surface area contributed by atoms with Crippen LogP contribution in [0.15, 0.2) is 12.2 Å². The Balaban J connectivity index is 1.72. The summed E-state index contributed by atoms with van der Waals surface area (Å²) in [6.45, 7) is 0.744. The molecule has 1 saturated carbocycles. The van der Waals surface area contributed by atoms with Crippen LogP contribution in [0.1, 0.15) is 25.7 Å². The summed E-state index contributed by atoms with van der Waals surface area (Å²) < 4.78 is 4.61. The van der Waals surface area contributed by atoms with E-state index in [-0.39, 0.29) is 5.97 Å². The van der Waals surface area contributed by atoms with Gasteiger partial charge in [-0.3, -0.25) is 4.79 Å². The van der Waals surface area contributed by atoms with Crippen LogP contribution in [0.5, 0.6) is 0 Å². The Hall–Kier alpha value is -0.830. The van der Waals surface area contributed by atoms with Crippen LogP contribution in [0.2, 0.25) is 0 Å². The summed E-state index contributed by atoms with van der Waals surface area (Å²) in [7, 11) is 1.44. The number of fused-ring (bicyclic) bond motifs is 2. The number of allylic oxidation sites excluding steroid dienone is 1. The highest BCUT2D eigenvalue weighted by Crippen LogP contribution is 2.35. The van der Waals surface area contributed by atoms with E-state index in [0.29, 0.717) is 18.4 Å². The maximum absolute atomic E-state index is 10.9. The van der Waals surface area contributed by atoms with E-state index in [0.717, 1.165) is 12.5 Å². The fraction of sp³-hybridized carbons (Fsp3) is 0.750. The molecule has 1 N–H and O–H groups in total. The predicted octanol–water partition coefficient (Wildman–Crippen LogP) is 1.49. The molecule has 0 aliphatic heterocycles. The quantitative estimate of drug-likeness (QED) is 0.563. The number of methoxy groups -OCH3 is 1. The molecule has 84 valence electrons. The summed E-state index contributed by atoms with van der Waals surface area (Å²) in [4.78, 5) is 10.9. The predicted molar refractivity (Wildman–Crippen MR) is 58.4 cm³/mol. The first kappa shape index (κ1) is 10.7. The Bertz CT molecular complexity index is 262. The minimum absolute atomic E-state index is 0.126. The zero-order chi connectivity index (χ0) is 10.7. The van der Waals surface area contributed by atoms with E-state index in [2.05, 4.69) is 22.2 Å². The zero-order valence-corrected chi connectivity index (χ0v) is 9.24. The van der Waals surface area contributed by atoms with Gasteiger partial charge in [-0.05, 0) is 31.1 Å². The minimum Gasteiger partial charge on any atom is -0.469 e. The molecule has 3 unspecified atom stereocenters. The third kappa shape index (κ3) is 2.59. The van der Waals surface area contributed by atoms with Crippen LogP contribution in [0.4, 0.5) is 0 Å². The van der Waals surface area contributed by atoms with Crippen molar-refractivity contribution in [1.82, 2.24) is 5.32 Å². The molecule has 3 nitrogen and oxygen atoms in total. The molecule has 15 heavy (non-hydrogen) atoms. The standard InChI is InChI=1S/C12H19NO2/c1-15-12(14)6-7-13-11-8-9-2-4-10(11)5-3-9/h2,4,9-11,13H,3,5-8H2,1H3. The fourth-order valence-electron chi connectivity index (χ4n) is 2.63. The van der Waals surface area contributed by atoms with E-state index in [1.165, 1.54) is 26.4 Å². The SMILES string of the molecule is COC(=O)CCNC1CC2C=CC1CC2. The Morgan fingerprint density at radius 3 is 2.87 bits per heavy atom. The molecule has 0 spiro atoms. The Morgan fingerprint density at radius 2 is 2.33 bits per heavy atom. The molecule has 0 saturated heterocycles. The van der Waals surface area contributed by atoms with Crippen molar-refractivity contribution in [3.63, 3.8) is 0 Å². The van der Waals surface area contributed by atoms with Crippen molar-refractivity contribution < 1.29 is 9.53 Å². The summed E-state index contributed by atoms with van der Waals surface area (Å²) in [5, 5.41) is 3.47. The lowest BCUT2D eigenvalue weighted by atomic mass is 9.73. The van der Waals surface area contributed by atoms with Gasteiger partial charge in [0, 0.05) is 12.6 Å². The normalized spacial score (nSPS) is 33.0. The van der Waals surface area contributed by atoms with Crippen LogP contribution in [0, 0.1) is 11.8 Å². The number of carbonyl (C=O) groups is 1. The number of carbonyl (C=O) groups excluding carboxylic acids is 1. The van der Waals surface area contributed by atoms with E-state index in [1.807, 2.05) is 0 Å². The van der Waals surface area contributed by atoms with Crippen LogP contribution in [0.3, 0.4) is 0 Å². The molecule has 3 aliphatic rings. The molecule has 2 bridgehead atoms. The van der Waals surface area contributed by atoms with E-state index >= 15 is 0 Å². The molecule has 0 aromatic carbocycles. The zero-order valence-electron chi connectivity index (χ0n) is 9.24. The molecule has 3 aliphatic carbocycles. The van der Waals surface area contributed by atoms with Crippen molar-refractivity contribution in [2.75, 3.05) is 13.7 Å². The molecule has 1 fully saturated rings. The first-order chi connectivity index (χ1) is 7.29. The van der Waals surface area contributed by atoms with Gasteiger partial charge in [0.2, 0.25) is 0 Å². The summed E-state index contributed by atoms with van der Waals surface area (Å²) in [6.07, 6.45) is 9.06. The number of nitrogens with one attached hydrogen (secondary N) is 1. The lowest BCUT2D eigenvalue weighted by Crippen LogP contribution is -2.43. The summed E-state index contributed by atoms with van der Waals surface area (Å²) in [5.41, 5.74) is 0. The van der Waals surface area contributed by atoms with Crippen LogP contribution < -0.4 is 5.32 Å². The fourth-order valence-corrected chi connectivity index (χ4v) is 2.63. The van der Waals surface area contributed by atoms with Gasteiger partial charge >= 0.3 is 5.97 Å². The number of hydrogen-bond acceptors (Lipinski definition) is 3. The molecule has 3 heteroatoms. The second kappa shape index (κ2) is 4.79. The Labute approximate surface area is 90.9 Å². The molecule has 0 radical (unpaired) electrons. The van der Waals surface area contributed by atoms with Gasteiger partial charge in [-0.1, -0.05) is 12.2 Å². The molecule has 3 rings (SSSR count). The van der Waals surface area contributed by atoms with Gasteiger partial charge in [0.15, 0.2) is 0 Å². The second-order valence-electron chi connectivity index (χ2n) is 4.51. The minimum atomic E-state index is -0.126. The molecule has 0 aromatic rings. The van der Waals surface area contributed by atoms with E-state index < -0.39 is 0 Å². The van der Waals surface area contributed by atoms with Crippen molar-refractivity contribution in [3.05, 3.63) is 12.2 Å². The number of esters is 1. The van der Waals surface area contributed by atoms with Crippen molar-refractivity contribution in [1.29, 1.82) is 0 Å². The maximum atomic E-state index is 10.9. The number of ether oxygens (including phenoxy) is 1. The van der Waals surface area contributed by atoms with Gasteiger partial charge in [-0.15, -0.1) is 0 Å². The van der Waals surface area contributed by atoms with Crippen molar-refractivity contribution in [2.45, 2.75) is 31.7 Å². The topological polar surface area (TPSA) is 38.3 Å². The highest BCUT2D eigenvalue weighted by atomic mass is 16.5. The average molecular weight is 209 g/mol. The van der Waals surface area contributed by atoms with E-state index in [9.17, 15) is 4.79 Å². The first-order valence-corrected chi connectivity index (χ1v) is 5.78. The third-order valence-corrected chi connectivity index (χ3v) is 3.54. The summed E-state index contributed by atoms with van der Waals surface area (Å²) in [5.74, 6) is 1.33. The van der Waals surface area contributed by atoms with Crippen LogP contribution >= 0.6 is 0 Å². The summed E-state index contributed by atoms with van der Waals surface area (Å²) in [6, 6.07) is 0.582. The Morgan fingerprint density at radius 1 is 1.47 bits per heavy atom. The van der Waals surface area contributed by atoms with Crippen molar-refractivity contribution in [2.24, 2.45) is 11.8 Å². The highest BCUT2D eigenvalue weighted by molar-refractivity contribution is 5.69. The average Bonchev–Trinajstić information content (AvgIpc) is 2.30.